The molecule has 1 radical (unpaired) electrons. The maximum atomic E-state index is 13.9. The molecule has 0 heterocycles. The van der Waals surface area contributed by atoms with E-state index >= 15 is 0 Å². The Bertz CT molecular complexity index is 348. The number of halogens is 2. The summed E-state index contributed by atoms with van der Waals surface area (Å²) in [6.45, 7) is 2.11. The van der Waals surface area contributed by atoms with E-state index in [4.69, 9.17) is 4.74 Å². The summed E-state index contributed by atoms with van der Waals surface area (Å²) in [6, 6.07) is 8.96. The molecule has 0 spiro atoms. The van der Waals surface area contributed by atoms with Crippen molar-refractivity contribution in [3.63, 3.8) is 0 Å². The van der Waals surface area contributed by atoms with E-state index in [9.17, 15) is 8.78 Å². The molecule has 1 aliphatic carbocycles. The number of benzene rings is 1. The van der Waals surface area contributed by atoms with E-state index in [2.05, 4.69) is 13.0 Å². The molecule has 0 aliphatic heterocycles. The summed E-state index contributed by atoms with van der Waals surface area (Å²) in [4.78, 5) is 0. The molecule has 0 atom stereocenters. The maximum Gasteiger partial charge on any atom is 0.398 e. The predicted octanol–water partition coefficient (Wildman–Crippen LogP) is 4.28. The molecular weight excluding hydrogens is 311 g/mol. The van der Waals surface area contributed by atoms with Gasteiger partial charge < -0.3 is 4.74 Å². The minimum absolute atomic E-state index is 0. The van der Waals surface area contributed by atoms with Gasteiger partial charge in [-0.25, -0.2) is 0 Å². The smallest absolute Gasteiger partial charge is 0.398 e. The van der Waals surface area contributed by atoms with Crippen molar-refractivity contribution in [2.75, 3.05) is 0 Å². The average molecular weight is 328 g/mol. The Morgan fingerprint density at radius 1 is 1.17 bits per heavy atom. The topological polar surface area (TPSA) is 9.23 Å². The zero-order valence-corrected chi connectivity index (χ0v) is 13.4. The first-order valence-corrected chi connectivity index (χ1v) is 6.11. The van der Waals surface area contributed by atoms with Crippen LogP contribution in [0.4, 0.5) is 8.78 Å². The second-order valence-electron chi connectivity index (χ2n) is 4.86. The van der Waals surface area contributed by atoms with Gasteiger partial charge in [0.1, 0.15) is 0 Å². The molecule has 0 aromatic heterocycles. The van der Waals surface area contributed by atoms with Gasteiger partial charge >= 0.3 is 6.11 Å². The molecule has 0 amide bonds. The molecular formula is C14H17F2OY-. The second kappa shape index (κ2) is 6.95. The van der Waals surface area contributed by atoms with E-state index in [1.54, 1.807) is 12.1 Å². The number of rotatable bonds is 3. The van der Waals surface area contributed by atoms with E-state index in [-0.39, 0.29) is 38.5 Å². The van der Waals surface area contributed by atoms with Crippen molar-refractivity contribution >= 4 is 0 Å². The van der Waals surface area contributed by atoms with E-state index in [1.165, 1.54) is 12.1 Å². The third-order valence-electron chi connectivity index (χ3n) is 3.43. The van der Waals surface area contributed by atoms with E-state index < -0.39 is 12.0 Å². The Morgan fingerprint density at radius 2 is 1.72 bits per heavy atom. The van der Waals surface area contributed by atoms with Gasteiger partial charge in [0.2, 0.25) is 0 Å². The van der Waals surface area contributed by atoms with Crippen molar-refractivity contribution in [2.24, 2.45) is 11.8 Å². The fourth-order valence-corrected chi connectivity index (χ4v) is 2.28. The Labute approximate surface area is 132 Å². The van der Waals surface area contributed by atoms with Gasteiger partial charge in [0.25, 0.3) is 0 Å². The van der Waals surface area contributed by atoms with Gasteiger partial charge in [0.05, 0.1) is 5.92 Å². The number of alkyl halides is 2. The summed E-state index contributed by atoms with van der Waals surface area (Å²) in [5.41, 5.74) is 0. The normalized spacial score (nSPS) is 24.2. The summed E-state index contributed by atoms with van der Waals surface area (Å²) >= 11 is 0. The predicted molar refractivity (Wildman–Crippen MR) is 62.0 cm³/mol. The van der Waals surface area contributed by atoms with Crippen LogP contribution in [0.3, 0.4) is 0 Å². The van der Waals surface area contributed by atoms with Crippen LogP contribution >= 0.6 is 0 Å². The first-order chi connectivity index (χ1) is 8.08. The van der Waals surface area contributed by atoms with E-state index in [0.717, 1.165) is 12.8 Å². The van der Waals surface area contributed by atoms with Crippen LogP contribution in [0.25, 0.3) is 0 Å². The Balaban J connectivity index is 0.00000162. The molecule has 1 aromatic rings. The molecule has 1 fully saturated rings. The second-order valence-corrected chi connectivity index (χ2v) is 4.86. The summed E-state index contributed by atoms with van der Waals surface area (Å²) in [6.07, 6.45) is -0.222. The fraction of sp³-hybridized carbons (Fsp3) is 0.571. The molecule has 18 heavy (non-hydrogen) atoms. The number of hydrogen-bond donors (Lipinski definition) is 0. The van der Waals surface area contributed by atoms with Crippen molar-refractivity contribution in [1.82, 2.24) is 0 Å². The van der Waals surface area contributed by atoms with Crippen LogP contribution in [0.15, 0.2) is 24.3 Å². The van der Waals surface area contributed by atoms with Crippen LogP contribution < -0.4 is 4.74 Å². The van der Waals surface area contributed by atoms with Crippen molar-refractivity contribution in [3.8, 4) is 5.75 Å². The molecule has 1 nitrogen and oxygen atoms in total. The number of ether oxygens (including phenoxy) is 1. The monoisotopic (exact) mass is 328 g/mol. The number of hydrogen-bond acceptors (Lipinski definition) is 1. The molecule has 1 aliphatic rings. The van der Waals surface area contributed by atoms with Gasteiger partial charge in [0.15, 0.2) is 0 Å². The molecule has 1 saturated carbocycles. The zero-order valence-electron chi connectivity index (χ0n) is 10.5. The Hall–Kier alpha value is -0.0161. The Kier molecular flexibility index (Phi) is 6.19. The maximum absolute atomic E-state index is 13.9. The molecule has 0 unspecified atom stereocenters. The summed E-state index contributed by atoms with van der Waals surface area (Å²) in [7, 11) is 0. The zero-order chi connectivity index (χ0) is 12.3. The largest absolute Gasteiger partial charge is 0.459 e. The summed E-state index contributed by atoms with van der Waals surface area (Å²) < 4.78 is 32.6. The average Bonchev–Trinajstić information content (AvgIpc) is 2.30. The van der Waals surface area contributed by atoms with Gasteiger partial charge in [0, 0.05) is 38.5 Å². The van der Waals surface area contributed by atoms with Crippen molar-refractivity contribution in [3.05, 3.63) is 30.3 Å². The standard InChI is InChI=1S/C14H17F2O.Y/c1-11-7-9-12(10-8-11)14(15,16)17-13-5-3-2-4-6-13;/h3-6,11-12H,7-10H2,1H3;/q-1;. The van der Waals surface area contributed by atoms with E-state index in [0.29, 0.717) is 18.8 Å². The van der Waals surface area contributed by atoms with Gasteiger partial charge in [-0.15, -0.1) is 12.1 Å². The van der Waals surface area contributed by atoms with Crippen LogP contribution in [-0.4, -0.2) is 6.11 Å². The summed E-state index contributed by atoms with van der Waals surface area (Å²) in [5.74, 6) is 0.128. The minimum atomic E-state index is -3.05. The van der Waals surface area contributed by atoms with Crippen molar-refractivity contribution in [1.29, 1.82) is 0 Å². The van der Waals surface area contributed by atoms with Crippen LogP contribution in [-0.2, 0) is 32.7 Å². The molecule has 0 N–H and O–H groups in total. The molecule has 97 valence electrons. The van der Waals surface area contributed by atoms with Crippen LogP contribution in [0, 0.1) is 17.9 Å². The quantitative estimate of drug-likeness (QED) is 0.753. The van der Waals surface area contributed by atoms with Crippen LogP contribution in [0.5, 0.6) is 5.75 Å². The van der Waals surface area contributed by atoms with Crippen LogP contribution in [0.2, 0.25) is 0 Å². The summed E-state index contributed by atoms with van der Waals surface area (Å²) in [5, 5.41) is 0. The van der Waals surface area contributed by atoms with Gasteiger partial charge in [-0.1, -0.05) is 19.8 Å². The van der Waals surface area contributed by atoms with Gasteiger partial charge in [-0.3, -0.25) is 0 Å². The van der Waals surface area contributed by atoms with Gasteiger partial charge in [-0.2, -0.15) is 27.0 Å². The third-order valence-corrected chi connectivity index (χ3v) is 3.43. The Morgan fingerprint density at radius 3 is 2.28 bits per heavy atom. The fourth-order valence-electron chi connectivity index (χ4n) is 2.28. The molecule has 0 bridgehead atoms. The third kappa shape index (κ3) is 4.27. The molecule has 4 heteroatoms. The molecule has 1 aromatic carbocycles. The first-order valence-electron chi connectivity index (χ1n) is 6.11. The van der Waals surface area contributed by atoms with Crippen LogP contribution in [0.1, 0.15) is 32.6 Å². The van der Waals surface area contributed by atoms with Crippen molar-refractivity contribution < 1.29 is 46.2 Å². The van der Waals surface area contributed by atoms with Gasteiger partial charge in [-0.05, 0) is 18.8 Å². The van der Waals surface area contributed by atoms with Crippen molar-refractivity contribution in [2.45, 2.75) is 38.7 Å². The SMILES string of the molecule is CC1CCC(C(F)(F)Oc2cc[c-]cc2)CC1.[Y]. The first kappa shape index (κ1) is 16.0. The molecule has 2 rings (SSSR count). The van der Waals surface area contributed by atoms with E-state index in [1.807, 2.05) is 0 Å². The minimum Gasteiger partial charge on any atom is -0.459 e. The molecule has 0 saturated heterocycles.